The molecule has 10 heterocycles. The molecule has 0 aliphatic carbocycles. The summed E-state index contributed by atoms with van der Waals surface area (Å²) in [6.45, 7) is 19.5. The highest BCUT2D eigenvalue weighted by molar-refractivity contribution is 7.44. The molecule has 28 heteroatoms. The van der Waals surface area contributed by atoms with Crippen molar-refractivity contribution in [2.24, 2.45) is 11.8 Å². The van der Waals surface area contributed by atoms with Crippen molar-refractivity contribution >= 4 is 8.53 Å². The molecule has 5 saturated heterocycles. The van der Waals surface area contributed by atoms with E-state index in [0.717, 1.165) is 12.8 Å². The van der Waals surface area contributed by atoms with Crippen LogP contribution in [0.15, 0.2) is 147 Å². The molecule has 93 heavy (non-hydrogen) atoms. The molecule has 10 rings (SSSR count). The van der Waals surface area contributed by atoms with E-state index >= 15 is 4.39 Å². The van der Waals surface area contributed by atoms with Crippen molar-refractivity contribution < 1.29 is 70.7 Å². The lowest BCUT2D eigenvalue weighted by Crippen LogP contribution is -2.37. The van der Waals surface area contributed by atoms with Crippen molar-refractivity contribution in [3.63, 3.8) is 0 Å². The highest BCUT2D eigenvalue weighted by atomic mass is 31.2. The Bertz CT molecular complexity index is 3000. The summed E-state index contributed by atoms with van der Waals surface area (Å²) >= 11 is 0. The van der Waals surface area contributed by atoms with Gasteiger partial charge in [-0.3, -0.25) is 24.0 Å². The first-order valence-corrected chi connectivity index (χ1v) is 32.6. The second-order valence-corrected chi connectivity index (χ2v) is 25.0. The molecule has 0 aromatic carbocycles. The predicted octanol–water partition coefficient (Wildman–Crippen LogP) is 7.73. The van der Waals surface area contributed by atoms with Gasteiger partial charge in [-0.05, 0) is 53.4 Å². The van der Waals surface area contributed by atoms with Crippen molar-refractivity contribution in [3.05, 3.63) is 174 Å². The van der Waals surface area contributed by atoms with Crippen LogP contribution in [0.1, 0.15) is 132 Å². The zero-order chi connectivity index (χ0) is 68.4. The number of nitriles is 1. The fraction of sp³-hybridized carbons (Fsp3) is 0.600. The third-order valence-electron chi connectivity index (χ3n) is 16.5. The number of ether oxygens (including phenoxy) is 5. The van der Waals surface area contributed by atoms with Crippen LogP contribution < -0.4 is 27.1 Å². The highest BCUT2D eigenvalue weighted by Gasteiger charge is 2.49. The molecule has 5 aromatic rings. The largest absolute Gasteiger partial charge is 0.394 e. The van der Waals surface area contributed by atoms with Gasteiger partial charge in [-0.15, -0.1) is 0 Å². The maximum absolute atomic E-state index is 15.4. The van der Waals surface area contributed by atoms with Crippen LogP contribution in [0.5, 0.6) is 0 Å². The van der Waals surface area contributed by atoms with E-state index in [1.807, 2.05) is 69.2 Å². The number of hydrogen-bond donors (Lipinski definition) is 4. The lowest BCUT2D eigenvalue weighted by molar-refractivity contribution is -0.0475. The number of aliphatic hydroxyl groups is 4. The molecule has 4 N–H and O–H groups in total. The van der Waals surface area contributed by atoms with Gasteiger partial charge in [-0.2, -0.15) is 5.26 Å². The number of nitrogens with zero attached hydrogens (tertiary/aromatic N) is 7. The van der Waals surface area contributed by atoms with Gasteiger partial charge in [0.2, 0.25) is 0 Å². The van der Waals surface area contributed by atoms with Crippen molar-refractivity contribution in [2.75, 3.05) is 13.2 Å². The summed E-state index contributed by atoms with van der Waals surface area (Å²) in [6, 6.07) is 16.1. The topological polar surface area (TPSA) is 283 Å². The molecule has 514 valence electrons. The number of alkyl halides is 4. The Morgan fingerprint density at radius 3 is 1.12 bits per heavy atom. The zero-order valence-corrected chi connectivity index (χ0v) is 54.9. The lowest BCUT2D eigenvalue weighted by atomic mass is 9.99. The van der Waals surface area contributed by atoms with E-state index in [4.69, 9.17) is 43.1 Å². The van der Waals surface area contributed by atoms with Gasteiger partial charge in [0.15, 0.2) is 83.0 Å². The Balaban J connectivity index is 0.000000189. The first-order valence-electron chi connectivity index (χ1n) is 31.5. The predicted molar refractivity (Wildman–Crippen MR) is 337 cm³/mol. The van der Waals surface area contributed by atoms with Gasteiger partial charge in [0.05, 0.1) is 50.1 Å². The quantitative estimate of drug-likeness (QED) is 0.0371. The SMILES string of the molecule is CC[C@H]1O[C@@H](n2ccc(=O)cc2)[C@@H](O)[C@@H]1C.CC[C@H]1O[C@@H](n2ccc(=O)cc2)[C@H](F)[C@@H]1C.CC[C@H]1O[C@@H](n2ccc(=O)cc2)[C@H](F)[C@@H]1O.CC[C@H]1O[C@@H](n2ccc(=O)cc2)[C@H](F)[C@@H]1OP(OCCC#N)N(C(C)C)C(C)C.O=c1ccn([C@@H]2O[C@H](CO)[C@@H](O)[C@H]2F)cc1. The van der Waals surface area contributed by atoms with Gasteiger partial charge in [0, 0.05) is 147 Å². The van der Waals surface area contributed by atoms with Crippen LogP contribution in [0.3, 0.4) is 0 Å². The molecule has 5 fully saturated rings. The van der Waals surface area contributed by atoms with E-state index in [1.54, 1.807) is 38.5 Å². The summed E-state index contributed by atoms with van der Waals surface area (Å²) in [7, 11) is -1.57. The fourth-order valence-electron chi connectivity index (χ4n) is 11.3. The van der Waals surface area contributed by atoms with Crippen molar-refractivity contribution in [1.82, 2.24) is 27.5 Å². The standard InChI is InChI=1S/C20H31FN3O4P.C12H16FNO2.C12H17NO3.C11H14FNO3.C10H12FNO4/c1-6-17-19(18(21)20(27-17)23-11-8-16(25)9-12-23)28-29(26-13-7-10-22)24(14(2)3)15(4)5;1-3-10-8(2)11(13)12(16-10)14-6-4-9(15)5-7-14;1-3-10-8(2)11(15)12(16-10)13-6-4-9(14)5-7-13;1-2-8-10(15)9(12)11(16-8)13-5-3-7(14)4-6-13;11-8-9(15)7(5-13)16-10(8)12-3-1-6(14)2-4-12/h8-9,11-12,14-15,17-20H,6-7,13H2,1-5H3;4-8,10-12H,3H2,1-2H3;4-8,10-12,15H,3H2,1-2H3;3-6,8-11,15H,2H2,1H3;1-4,7-10,13,15H,5H2/t17-,18-,19-,20-,29?;8-,10-,11-,12-;8-,10-,11+,12-;8-,9-,10-,11-;7-,8-,9-,10-/m11111/s1. The molecule has 23 nitrogen and oxygen atoms in total. The number of pyridine rings is 5. The first-order chi connectivity index (χ1) is 44.3. The Kier molecular flexibility index (Phi) is 29.5. The second kappa shape index (κ2) is 36.1. The summed E-state index contributed by atoms with van der Waals surface area (Å²) in [5.74, 6) is 0.0175. The fourth-order valence-corrected chi connectivity index (χ4v) is 13.0. The molecule has 5 aromatic heterocycles. The molecule has 5 aliphatic heterocycles. The van der Waals surface area contributed by atoms with E-state index in [0.29, 0.717) is 12.8 Å². The normalized spacial score (nSPS) is 31.5. The van der Waals surface area contributed by atoms with Crippen LogP contribution in [-0.4, -0.2) is 153 Å². The van der Waals surface area contributed by atoms with E-state index < -0.39 is 107 Å². The Morgan fingerprint density at radius 1 is 0.484 bits per heavy atom. The van der Waals surface area contributed by atoms with E-state index in [9.17, 15) is 52.5 Å². The molecule has 5 aliphatic rings. The average molecular weight is 1330 g/mol. The van der Waals surface area contributed by atoms with E-state index in [-0.39, 0.29) is 82.5 Å². The van der Waals surface area contributed by atoms with Gasteiger partial charge < -0.3 is 76.0 Å². The minimum absolute atomic E-state index is 0.0381. The van der Waals surface area contributed by atoms with Gasteiger partial charge in [-0.1, -0.05) is 41.5 Å². The molecule has 0 spiro atoms. The number of rotatable bonds is 18. The summed E-state index contributed by atoms with van der Waals surface area (Å²) < 4.78 is 107. The molecule has 0 bridgehead atoms. The van der Waals surface area contributed by atoms with E-state index in [2.05, 4.69) is 10.7 Å². The molecular formula is C65H90F4N7O16P. The summed E-state index contributed by atoms with van der Waals surface area (Å²) in [6.07, 6.45) is 3.41. The average Bonchev–Trinajstić information content (AvgIpc) is 1.74. The minimum atomic E-state index is -1.63. The van der Waals surface area contributed by atoms with Crippen molar-refractivity contribution in [1.29, 1.82) is 5.26 Å². The van der Waals surface area contributed by atoms with Crippen LogP contribution in [0, 0.1) is 23.2 Å². The van der Waals surface area contributed by atoms with Crippen LogP contribution >= 0.6 is 8.53 Å². The smallest absolute Gasteiger partial charge is 0.259 e. The lowest BCUT2D eigenvalue weighted by Gasteiger charge is -2.37. The monoisotopic (exact) mass is 1330 g/mol. The van der Waals surface area contributed by atoms with Crippen LogP contribution in [0.25, 0.3) is 0 Å². The van der Waals surface area contributed by atoms with Gasteiger partial charge in [-0.25, -0.2) is 22.2 Å². The molecule has 0 amide bonds. The van der Waals surface area contributed by atoms with Gasteiger partial charge in [0.25, 0.3) is 8.53 Å². The zero-order valence-electron chi connectivity index (χ0n) is 54.0. The van der Waals surface area contributed by atoms with Crippen LogP contribution in [0.2, 0.25) is 0 Å². The molecule has 0 radical (unpaired) electrons. The molecular weight excluding hydrogens is 1240 g/mol. The van der Waals surface area contributed by atoms with E-state index in [1.165, 1.54) is 107 Å². The maximum Gasteiger partial charge on any atom is 0.259 e. The maximum atomic E-state index is 15.4. The number of halogens is 4. The third-order valence-corrected chi connectivity index (χ3v) is 18.6. The third kappa shape index (κ3) is 19.8. The molecule has 21 atom stereocenters. The first kappa shape index (κ1) is 75.9. The van der Waals surface area contributed by atoms with Crippen LogP contribution in [0.4, 0.5) is 17.6 Å². The Morgan fingerprint density at radius 2 is 0.796 bits per heavy atom. The highest BCUT2D eigenvalue weighted by Crippen LogP contribution is 2.51. The number of aliphatic hydroxyl groups excluding tert-OH is 4. The summed E-state index contributed by atoms with van der Waals surface area (Å²) in [5, 5.41) is 46.7. The van der Waals surface area contributed by atoms with Crippen LogP contribution in [-0.2, 0) is 32.7 Å². The summed E-state index contributed by atoms with van der Waals surface area (Å²) in [4.78, 5) is 55.1. The summed E-state index contributed by atoms with van der Waals surface area (Å²) in [5.41, 5.74) is -0.594. The molecule has 1 unspecified atom stereocenters. The Hall–Kier alpha value is -6.09. The minimum Gasteiger partial charge on any atom is -0.394 e. The number of aromatic nitrogens is 5. The van der Waals surface area contributed by atoms with Gasteiger partial charge in [0.1, 0.15) is 30.5 Å². The van der Waals surface area contributed by atoms with Crippen molar-refractivity contribution in [3.8, 4) is 6.07 Å². The molecule has 0 saturated carbocycles. The van der Waals surface area contributed by atoms with Gasteiger partial charge >= 0.3 is 0 Å². The number of hydrogen-bond acceptors (Lipinski definition) is 18. The van der Waals surface area contributed by atoms with Crippen molar-refractivity contribution in [2.45, 2.75) is 224 Å². The Labute approximate surface area is 539 Å². The second-order valence-electron chi connectivity index (χ2n) is 23.6.